The molecule has 180 valence electrons. The van der Waals surface area contributed by atoms with E-state index in [4.69, 9.17) is 0 Å². The van der Waals surface area contributed by atoms with E-state index in [1.807, 2.05) is 18.3 Å². The van der Waals surface area contributed by atoms with Gasteiger partial charge in [0.1, 0.15) is 5.82 Å². The van der Waals surface area contributed by atoms with E-state index in [-0.39, 0.29) is 23.6 Å². The molecule has 1 aromatic heterocycles. The van der Waals surface area contributed by atoms with Crippen LogP contribution in [0.25, 0.3) is 10.9 Å². The maximum Gasteiger partial charge on any atom is 0.243 e. The van der Waals surface area contributed by atoms with Crippen LogP contribution in [0.1, 0.15) is 42.5 Å². The Morgan fingerprint density at radius 1 is 1.00 bits per heavy atom. The number of benzene rings is 2. The van der Waals surface area contributed by atoms with Crippen molar-refractivity contribution in [3.63, 3.8) is 0 Å². The molecule has 2 fully saturated rings. The Hall–Kier alpha value is -2.55. The fraction of sp³-hybridized carbons (Fsp3) is 0.423. The number of sulfonamides is 1. The van der Waals surface area contributed by atoms with Crippen LogP contribution in [-0.2, 0) is 10.0 Å². The molecule has 0 bridgehead atoms. The maximum absolute atomic E-state index is 13.4. The largest absolute Gasteiger partial charge is 0.361 e. The van der Waals surface area contributed by atoms with Crippen LogP contribution in [0.3, 0.4) is 0 Å². The van der Waals surface area contributed by atoms with Gasteiger partial charge in [0, 0.05) is 35.8 Å². The molecule has 2 saturated heterocycles. The molecule has 2 aliphatic heterocycles. The van der Waals surface area contributed by atoms with E-state index in [9.17, 15) is 17.6 Å². The van der Waals surface area contributed by atoms with E-state index < -0.39 is 10.0 Å². The normalized spacial score (nSPS) is 20.8. The van der Waals surface area contributed by atoms with Crippen molar-refractivity contribution in [3.05, 3.63) is 66.1 Å². The van der Waals surface area contributed by atoms with Gasteiger partial charge >= 0.3 is 0 Å². The van der Waals surface area contributed by atoms with Crippen LogP contribution >= 0.6 is 0 Å². The third-order valence-electron chi connectivity index (χ3n) is 7.32. The Labute approximate surface area is 199 Å². The fourth-order valence-corrected chi connectivity index (χ4v) is 7.09. The number of Topliss-reactive ketones (excluding diaryl/α,β-unsaturated/α-hetero) is 1. The zero-order valence-corrected chi connectivity index (χ0v) is 19.9. The summed E-state index contributed by atoms with van der Waals surface area (Å²) in [5.74, 6) is -0.279. The number of rotatable bonds is 7. The Balaban J connectivity index is 1.17. The number of nitrogens with one attached hydrogen (secondary N) is 1. The maximum atomic E-state index is 13.4. The number of carbonyl (C=O) groups is 1. The Morgan fingerprint density at radius 3 is 2.53 bits per heavy atom. The SMILES string of the molecule is O=C(c1ccc(F)cc1)C1CCN(CC[C@H]2CCCN2S(=O)(=O)c2ccc3cc[nH]c3c2)CC1. The number of likely N-dealkylation sites (tertiary alicyclic amines) is 1. The quantitative estimate of drug-likeness (QED) is 0.504. The van der Waals surface area contributed by atoms with Gasteiger partial charge < -0.3 is 9.88 Å². The van der Waals surface area contributed by atoms with E-state index >= 15 is 0 Å². The molecular formula is C26H30FN3O3S. The molecule has 2 aromatic carbocycles. The molecule has 34 heavy (non-hydrogen) atoms. The summed E-state index contributed by atoms with van der Waals surface area (Å²) in [7, 11) is -3.54. The summed E-state index contributed by atoms with van der Waals surface area (Å²) in [6.07, 6.45) is 5.92. The van der Waals surface area contributed by atoms with Gasteiger partial charge in [0.25, 0.3) is 0 Å². The smallest absolute Gasteiger partial charge is 0.243 e. The lowest BCUT2D eigenvalue weighted by Gasteiger charge is -2.33. The Morgan fingerprint density at radius 2 is 1.76 bits per heavy atom. The number of aromatic amines is 1. The highest BCUT2D eigenvalue weighted by Gasteiger charge is 2.36. The van der Waals surface area contributed by atoms with Crippen LogP contribution in [-0.4, -0.2) is 60.6 Å². The Bertz CT molecular complexity index is 1260. The van der Waals surface area contributed by atoms with E-state index in [2.05, 4.69) is 9.88 Å². The molecule has 6 nitrogen and oxygen atoms in total. The summed E-state index contributed by atoms with van der Waals surface area (Å²) in [6.45, 7) is 3.02. The number of nitrogens with zero attached hydrogens (tertiary/aromatic N) is 2. The van der Waals surface area contributed by atoms with Crippen molar-refractivity contribution in [3.8, 4) is 0 Å². The zero-order chi connectivity index (χ0) is 23.7. The van der Waals surface area contributed by atoms with Gasteiger partial charge in [-0.15, -0.1) is 0 Å². The van der Waals surface area contributed by atoms with Crippen LogP contribution in [0.4, 0.5) is 4.39 Å². The number of aromatic nitrogens is 1. The van der Waals surface area contributed by atoms with Gasteiger partial charge in [0.15, 0.2) is 5.78 Å². The van der Waals surface area contributed by atoms with Crippen molar-refractivity contribution in [1.82, 2.24) is 14.2 Å². The highest BCUT2D eigenvalue weighted by atomic mass is 32.2. The summed E-state index contributed by atoms with van der Waals surface area (Å²) in [6, 6.07) is 13.0. The summed E-state index contributed by atoms with van der Waals surface area (Å²) < 4.78 is 41.6. The van der Waals surface area contributed by atoms with Gasteiger partial charge in [-0.2, -0.15) is 4.31 Å². The second-order valence-corrected chi connectivity index (χ2v) is 11.3. The summed E-state index contributed by atoms with van der Waals surface area (Å²) in [5, 5.41) is 0.998. The van der Waals surface area contributed by atoms with Crippen LogP contribution < -0.4 is 0 Å². The minimum Gasteiger partial charge on any atom is -0.361 e. The van der Waals surface area contributed by atoms with Gasteiger partial charge in [-0.25, -0.2) is 12.8 Å². The average molecular weight is 484 g/mol. The fourth-order valence-electron chi connectivity index (χ4n) is 5.34. The number of fused-ring (bicyclic) bond motifs is 1. The zero-order valence-electron chi connectivity index (χ0n) is 19.1. The van der Waals surface area contributed by atoms with Crippen molar-refractivity contribution in [2.75, 3.05) is 26.2 Å². The van der Waals surface area contributed by atoms with Crippen molar-refractivity contribution in [1.29, 1.82) is 0 Å². The molecule has 5 rings (SSSR count). The molecule has 1 N–H and O–H groups in total. The van der Waals surface area contributed by atoms with Gasteiger partial charge in [0.2, 0.25) is 10.0 Å². The molecule has 3 aromatic rings. The molecule has 0 saturated carbocycles. The lowest BCUT2D eigenvalue weighted by Crippen LogP contribution is -2.41. The van der Waals surface area contributed by atoms with Crippen LogP contribution in [0.15, 0.2) is 59.6 Å². The Kier molecular flexibility index (Phi) is 6.55. The summed E-state index contributed by atoms with van der Waals surface area (Å²) in [4.78, 5) is 18.5. The molecular weight excluding hydrogens is 453 g/mol. The lowest BCUT2D eigenvalue weighted by atomic mass is 9.89. The molecule has 0 spiro atoms. The van der Waals surface area contributed by atoms with E-state index in [1.165, 1.54) is 12.1 Å². The molecule has 0 amide bonds. The van der Waals surface area contributed by atoms with Crippen molar-refractivity contribution >= 4 is 26.7 Å². The number of hydrogen-bond acceptors (Lipinski definition) is 4. The molecule has 0 radical (unpaired) electrons. The molecule has 2 aliphatic rings. The molecule has 3 heterocycles. The molecule has 8 heteroatoms. The number of hydrogen-bond donors (Lipinski definition) is 1. The van der Waals surface area contributed by atoms with Crippen molar-refractivity contribution < 1.29 is 17.6 Å². The van der Waals surface area contributed by atoms with E-state index in [0.29, 0.717) is 17.0 Å². The number of H-pyrrole nitrogens is 1. The first-order valence-corrected chi connectivity index (χ1v) is 13.5. The van der Waals surface area contributed by atoms with E-state index in [1.54, 1.807) is 28.6 Å². The monoisotopic (exact) mass is 483 g/mol. The highest BCUT2D eigenvalue weighted by molar-refractivity contribution is 7.89. The highest BCUT2D eigenvalue weighted by Crippen LogP contribution is 2.30. The van der Waals surface area contributed by atoms with Gasteiger partial charge in [-0.05, 0) is 99.6 Å². The second kappa shape index (κ2) is 9.60. The van der Waals surface area contributed by atoms with Crippen LogP contribution in [0.2, 0.25) is 0 Å². The molecule has 0 unspecified atom stereocenters. The first kappa shape index (κ1) is 23.2. The van der Waals surface area contributed by atoms with Crippen molar-refractivity contribution in [2.45, 2.75) is 43.0 Å². The second-order valence-electron chi connectivity index (χ2n) is 9.41. The average Bonchev–Trinajstić information content (AvgIpc) is 3.52. The van der Waals surface area contributed by atoms with Gasteiger partial charge in [0.05, 0.1) is 4.90 Å². The van der Waals surface area contributed by atoms with Crippen LogP contribution in [0.5, 0.6) is 0 Å². The number of piperidine rings is 1. The summed E-state index contributed by atoms with van der Waals surface area (Å²) in [5.41, 5.74) is 1.40. The summed E-state index contributed by atoms with van der Waals surface area (Å²) >= 11 is 0. The first-order chi connectivity index (χ1) is 16.4. The predicted molar refractivity (Wildman–Crippen MR) is 130 cm³/mol. The predicted octanol–water partition coefficient (Wildman–Crippen LogP) is 4.45. The number of carbonyl (C=O) groups excluding carboxylic acids is 1. The van der Waals surface area contributed by atoms with Crippen molar-refractivity contribution in [2.24, 2.45) is 5.92 Å². The van der Waals surface area contributed by atoms with Gasteiger partial charge in [-0.3, -0.25) is 4.79 Å². The standard InChI is InChI=1S/C26H30FN3O3S/c27-22-6-3-20(4-7-22)26(31)21-10-15-29(16-11-21)17-12-23-2-1-14-30(23)34(32,33)24-8-5-19-9-13-28-25(19)18-24/h3-9,13,18,21,23,28H,1-2,10-12,14-17H2/t23-/m1/s1. The third kappa shape index (κ3) is 4.67. The van der Waals surface area contributed by atoms with E-state index in [0.717, 1.165) is 62.6 Å². The molecule has 1 atom stereocenters. The topological polar surface area (TPSA) is 73.5 Å². The number of halogens is 1. The van der Waals surface area contributed by atoms with Crippen LogP contribution in [0, 0.1) is 11.7 Å². The van der Waals surface area contributed by atoms with Gasteiger partial charge in [-0.1, -0.05) is 6.07 Å². The first-order valence-electron chi connectivity index (χ1n) is 12.0. The lowest BCUT2D eigenvalue weighted by molar-refractivity contribution is 0.0835. The minimum absolute atomic E-state index is 0.00269. The molecule has 0 aliphatic carbocycles. The third-order valence-corrected chi connectivity index (χ3v) is 9.27. The minimum atomic E-state index is -3.54. The number of ketones is 1.